The largest absolute Gasteiger partial charge is 0.474 e. The van der Waals surface area contributed by atoms with E-state index in [4.69, 9.17) is 0 Å². The summed E-state index contributed by atoms with van der Waals surface area (Å²) in [5, 5.41) is 0. The zero-order valence-electron chi connectivity index (χ0n) is 9.89. The van der Waals surface area contributed by atoms with E-state index in [0.29, 0.717) is 6.07 Å². The Kier molecular flexibility index (Phi) is 4.92. The number of halogens is 3. The van der Waals surface area contributed by atoms with E-state index in [9.17, 15) is 22.5 Å². The molecule has 0 radical (unpaired) electrons. The van der Waals surface area contributed by atoms with Crippen LogP contribution in [0.3, 0.4) is 0 Å². The number of carbonyl (C=O) groups excluding carboxylic acids is 1. The van der Waals surface area contributed by atoms with Crippen molar-refractivity contribution in [2.45, 2.75) is 6.18 Å². The molecule has 1 rings (SSSR count). The molecule has 0 N–H and O–H groups in total. The molecule has 108 valence electrons. The summed E-state index contributed by atoms with van der Waals surface area (Å²) < 4.78 is 65.7. The van der Waals surface area contributed by atoms with Crippen molar-refractivity contribution in [2.75, 3.05) is 20.8 Å². The summed E-state index contributed by atoms with van der Waals surface area (Å²) in [5.41, 5.74) is 0. The lowest BCUT2D eigenvalue weighted by molar-refractivity contribution is -0.153. The number of alkyl halides is 3. The first-order chi connectivity index (χ1) is 8.72. The minimum absolute atomic E-state index is 0.564. The van der Waals surface area contributed by atoms with E-state index in [2.05, 4.69) is 18.0 Å². The van der Waals surface area contributed by atoms with Crippen LogP contribution in [-0.2, 0) is 24.3 Å². The Morgan fingerprint density at radius 1 is 1.32 bits per heavy atom. The summed E-state index contributed by atoms with van der Waals surface area (Å²) in [6, 6.07) is 1.46. The Morgan fingerprint density at radius 2 is 1.89 bits per heavy atom. The molecule has 1 aromatic heterocycles. The Balaban J connectivity index is 2.70. The third-order valence-corrected chi connectivity index (χ3v) is 3.30. The number of rotatable bonds is 6. The molecule has 0 aromatic carbocycles. The van der Waals surface area contributed by atoms with Crippen LogP contribution < -0.4 is 0 Å². The molecule has 0 amide bonds. The fourth-order valence-corrected chi connectivity index (χ4v) is 1.66. The maximum atomic E-state index is 12.2. The van der Waals surface area contributed by atoms with Gasteiger partial charge in [0.1, 0.15) is 6.61 Å². The van der Waals surface area contributed by atoms with Crippen molar-refractivity contribution < 1.29 is 40.5 Å². The molecule has 1 heterocycles. The second kappa shape index (κ2) is 5.87. The fraction of sp³-hybridized carbons (Fsp3) is 0.444. The van der Waals surface area contributed by atoms with E-state index >= 15 is 0 Å². The Bertz CT molecular complexity index is 486. The van der Waals surface area contributed by atoms with Crippen LogP contribution in [0.5, 0.6) is 0 Å². The number of hydrogen-bond acceptors (Lipinski definition) is 6. The molecule has 10 heteroatoms. The number of furan rings is 1. The average Bonchev–Trinajstić information content (AvgIpc) is 2.85. The van der Waals surface area contributed by atoms with Crippen LogP contribution in [0.25, 0.3) is 0 Å². The average molecular weight is 302 g/mol. The molecule has 19 heavy (non-hydrogen) atoms. The number of carbonyl (C=O) groups is 1. The van der Waals surface area contributed by atoms with E-state index in [1.165, 1.54) is 0 Å². The van der Waals surface area contributed by atoms with Crippen molar-refractivity contribution in [3.8, 4) is 0 Å². The topological polar surface area (TPSA) is 75.0 Å². The van der Waals surface area contributed by atoms with E-state index < -0.39 is 37.9 Å². The summed E-state index contributed by atoms with van der Waals surface area (Å²) in [4.78, 5) is 11.4. The predicted molar refractivity (Wildman–Crippen MR) is 55.6 cm³/mol. The van der Waals surface area contributed by atoms with Crippen LogP contribution in [-0.4, -0.2) is 26.6 Å². The molecule has 0 spiro atoms. The van der Waals surface area contributed by atoms with Crippen molar-refractivity contribution in [1.82, 2.24) is 0 Å². The van der Waals surface area contributed by atoms with Crippen molar-refractivity contribution in [2.24, 2.45) is 0 Å². The standard InChI is InChI=1S/C9H10F3O6P/c1-15-19(14,16-2)17-5-6(13)7-3-4-8(18-7)9(10,11)12/h3-4H,5H2,1-2H3. The normalized spacial score (nSPS) is 12.7. The lowest BCUT2D eigenvalue weighted by Crippen LogP contribution is -2.09. The van der Waals surface area contributed by atoms with Gasteiger partial charge in [-0.3, -0.25) is 18.4 Å². The molecular formula is C9H10F3O6P. The maximum absolute atomic E-state index is 12.2. The highest BCUT2D eigenvalue weighted by Gasteiger charge is 2.35. The number of ketones is 1. The first-order valence-corrected chi connectivity index (χ1v) is 6.24. The van der Waals surface area contributed by atoms with Gasteiger partial charge in [-0.25, -0.2) is 4.57 Å². The first kappa shape index (κ1) is 15.9. The van der Waals surface area contributed by atoms with Crippen molar-refractivity contribution >= 4 is 13.6 Å². The highest BCUT2D eigenvalue weighted by atomic mass is 31.2. The van der Waals surface area contributed by atoms with E-state index in [1.807, 2.05) is 0 Å². The van der Waals surface area contributed by atoms with Crippen LogP contribution in [0.1, 0.15) is 16.3 Å². The minimum atomic E-state index is -4.69. The summed E-state index contributed by atoms with van der Waals surface area (Å²) in [6.45, 7) is -0.802. The summed E-state index contributed by atoms with van der Waals surface area (Å²) in [7, 11) is -1.80. The molecule has 1 aromatic rings. The number of phosphoric acid groups is 1. The molecule has 0 bridgehead atoms. The summed E-state index contributed by atoms with van der Waals surface area (Å²) in [5.74, 6) is -2.80. The monoisotopic (exact) mass is 302 g/mol. The molecule has 0 unspecified atom stereocenters. The summed E-state index contributed by atoms with van der Waals surface area (Å²) in [6.07, 6.45) is -4.69. The number of hydrogen-bond donors (Lipinski definition) is 0. The first-order valence-electron chi connectivity index (χ1n) is 4.78. The minimum Gasteiger partial charge on any atom is -0.448 e. The third-order valence-electron chi connectivity index (χ3n) is 1.96. The van der Waals surface area contributed by atoms with Gasteiger partial charge in [0.25, 0.3) is 0 Å². The van der Waals surface area contributed by atoms with Crippen molar-refractivity contribution in [3.05, 3.63) is 23.7 Å². The zero-order valence-corrected chi connectivity index (χ0v) is 10.8. The summed E-state index contributed by atoms with van der Waals surface area (Å²) >= 11 is 0. The van der Waals surface area contributed by atoms with Gasteiger partial charge < -0.3 is 4.42 Å². The molecule has 0 saturated heterocycles. The van der Waals surface area contributed by atoms with E-state index in [0.717, 1.165) is 20.3 Å². The maximum Gasteiger partial charge on any atom is 0.474 e. The van der Waals surface area contributed by atoms with Crippen molar-refractivity contribution in [1.29, 1.82) is 0 Å². The molecule has 0 aliphatic carbocycles. The van der Waals surface area contributed by atoms with Crippen molar-refractivity contribution in [3.63, 3.8) is 0 Å². The van der Waals surface area contributed by atoms with Crippen LogP contribution in [0.2, 0.25) is 0 Å². The lowest BCUT2D eigenvalue weighted by atomic mass is 10.3. The molecule has 0 fully saturated rings. The number of Topliss-reactive ketones (excluding diaryl/α,β-unsaturated/α-hetero) is 1. The highest BCUT2D eigenvalue weighted by molar-refractivity contribution is 7.48. The van der Waals surface area contributed by atoms with Gasteiger partial charge in [0.15, 0.2) is 5.76 Å². The van der Waals surface area contributed by atoms with E-state index in [1.54, 1.807) is 0 Å². The molecule has 0 saturated carbocycles. The van der Waals surface area contributed by atoms with E-state index in [-0.39, 0.29) is 0 Å². The molecule has 0 aliphatic heterocycles. The molecule has 6 nitrogen and oxygen atoms in total. The van der Waals surface area contributed by atoms with Gasteiger partial charge in [-0.15, -0.1) is 0 Å². The lowest BCUT2D eigenvalue weighted by Gasteiger charge is -2.11. The van der Waals surface area contributed by atoms with Gasteiger partial charge in [-0.2, -0.15) is 13.2 Å². The molecular weight excluding hydrogens is 292 g/mol. The predicted octanol–water partition coefficient (Wildman–Crippen LogP) is 2.90. The van der Waals surface area contributed by atoms with Crippen LogP contribution in [0.4, 0.5) is 13.2 Å². The number of phosphoric ester groups is 1. The smallest absolute Gasteiger partial charge is 0.448 e. The Labute approximate surface area is 106 Å². The molecule has 0 aliphatic rings. The zero-order chi connectivity index (χ0) is 14.7. The Morgan fingerprint density at radius 3 is 2.32 bits per heavy atom. The van der Waals surface area contributed by atoms with Gasteiger partial charge in [0.2, 0.25) is 11.5 Å². The quantitative estimate of drug-likeness (QED) is 0.594. The SMILES string of the molecule is COP(=O)(OC)OCC(=O)c1ccc(C(F)(F)F)o1. The van der Waals surface area contributed by atoms with Gasteiger partial charge in [-0.1, -0.05) is 0 Å². The second-order valence-electron chi connectivity index (χ2n) is 3.17. The third kappa shape index (κ3) is 4.17. The highest BCUT2D eigenvalue weighted by Crippen LogP contribution is 2.47. The van der Waals surface area contributed by atoms with Gasteiger partial charge in [0.05, 0.1) is 0 Å². The fourth-order valence-electron chi connectivity index (χ4n) is 1.03. The molecule has 0 atom stereocenters. The van der Waals surface area contributed by atoms with Crippen LogP contribution in [0.15, 0.2) is 16.5 Å². The van der Waals surface area contributed by atoms with Gasteiger partial charge in [0, 0.05) is 14.2 Å². The Hall–Kier alpha value is -1.15. The van der Waals surface area contributed by atoms with Crippen LogP contribution in [0, 0.1) is 0 Å². The van der Waals surface area contributed by atoms with Crippen LogP contribution >= 0.6 is 7.82 Å². The second-order valence-corrected chi connectivity index (χ2v) is 5.05. The van der Waals surface area contributed by atoms with Gasteiger partial charge >= 0.3 is 14.0 Å². The van der Waals surface area contributed by atoms with Gasteiger partial charge in [-0.05, 0) is 12.1 Å².